The molecule has 1 aromatic carbocycles. The molecule has 0 saturated carbocycles. The van der Waals surface area contributed by atoms with Crippen LogP contribution in [0.2, 0.25) is 0 Å². The first-order chi connectivity index (χ1) is 10.8. The van der Waals surface area contributed by atoms with Crippen molar-refractivity contribution in [3.8, 4) is 0 Å². The molecule has 1 aromatic rings. The quantitative estimate of drug-likeness (QED) is 0.894. The van der Waals surface area contributed by atoms with Gasteiger partial charge in [0.25, 0.3) is 0 Å². The number of aliphatic hydroxyl groups excluding tert-OH is 1. The Balaban J connectivity index is 2.06. The maximum absolute atomic E-state index is 12.2. The fourth-order valence-corrected chi connectivity index (χ4v) is 2.69. The van der Waals surface area contributed by atoms with Crippen LogP contribution in [0.3, 0.4) is 0 Å². The standard InChI is InChI=1S/C18H28N2O3/c1-13(12-21)19-10-14-6-5-7-15-11-20(9-8-16(14)15)17(22)23-18(2,3)4/h5-7,13,19,21H,8-12H2,1-4H3/t13-/m0/s1. The normalized spacial score (nSPS) is 16.0. The first kappa shape index (κ1) is 17.8. The van der Waals surface area contributed by atoms with Gasteiger partial charge in [0.1, 0.15) is 5.60 Å². The van der Waals surface area contributed by atoms with Crippen molar-refractivity contribution in [1.29, 1.82) is 0 Å². The van der Waals surface area contributed by atoms with Gasteiger partial charge in [0.2, 0.25) is 0 Å². The van der Waals surface area contributed by atoms with E-state index in [9.17, 15) is 4.79 Å². The molecule has 5 heteroatoms. The van der Waals surface area contributed by atoms with Gasteiger partial charge in [0.15, 0.2) is 0 Å². The molecule has 0 aliphatic carbocycles. The number of rotatable bonds is 4. The van der Waals surface area contributed by atoms with E-state index in [1.54, 1.807) is 4.90 Å². The Hall–Kier alpha value is -1.59. The summed E-state index contributed by atoms with van der Waals surface area (Å²) >= 11 is 0. The van der Waals surface area contributed by atoms with Crippen molar-refractivity contribution >= 4 is 6.09 Å². The van der Waals surface area contributed by atoms with Crippen LogP contribution in [0, 0.1) is 0 Å². The third-order valence-corrected chi connectivity index (χ3v) is 3.93. The molecule has 1 aliphatic rings. The first-order valence-corrected chi connectivity index (χ1v) is 8.22. The van der Waals surface area contributed by atoms with Crippen molar-refractivity contribution in [2.45, 2.75) is 58.8 Å². The highest BCUT2D eigenvalue weighted by Gasteiger charge is 2.26. The molecule has 2 rings (SSSR count). The first-order valence-electron chi connectivity index (χ1n) is 8.22. The molecule has 2 N–H and O–H groups in total. The maximum atomic E-state index is 12.2. The molecule has 1 amide bonds. The van der Waals surface area contributed by atoms with Gasteiger partial charge < -0.3 is 20.1 Å². The van der Waals surface area contributed by atoms with Crippen LogP contribution in [0.4, 0.5) is 4.79 Å². The average Bonchev–Trinajstić information content (AvgIpc) is 2.50. The van der Waals surface area contributed by atoms with Crippen molar-refractivity contribution in [2.24, 2.45) is 0 Å². The van der Waals surface area contributed by atoms with E-state index in [4.69, 9.17) is 9.84 Å². The number of carbonyl (C=O) groups excluding carboxylic acids is 1. The summed E-state index contributed by atoms with van der Waals surface area (Å²) in [5.41, 5.74) is 3.26. The molecule has 128 valence electrons. The topological polar surface area (TPSA) is 61.8 Å². The van der Waals surface area contributed by atoms with Crippen molar-refractivity contribution in [3.63, 3.8) is 0 Å². The Morgan fingerprint density at radius 3 is 2.83 bits per heavy atom. The predicted octanol–water partition coefficient (Wildman–Crippen LogP) is 2.45. The second-order valence-electron chi connectivity index (χ2n) is 7.17. The van der Waals surface area contributed by atoms with E-state index in [0.717, 1.165) is 13.0 Å². The zero-order chi connectivity index (χ0) is 17.0. The van der Waals surface area contributed by atoms with Crippen LogP contribution >= 0.6 is 0 Å². The van der Waals surface area contributed by atoms with Crippen molar-refractivity contribution in [1.82, 2.24) is 10.2 Å². The number of nitrogens with zero attached hydrogens (tertiary/aromatic N) is 1. The minimum Gasteiger partial charge on any atom is -0.444 e. The number of carbonyl (C=O) groups is 1. The Bertz CT molecular complexity index is 552. The molecule has 0 aromatic heterocycles. The van der Waals surface area contributed by atoms with Crippen LogP contribution in [-0.4, -0.2) is 40.9 Å². The Labute approximate surface area is 138 Å². The molecular weight excluding hydrogens is 292 g/mol. The molecule has 0 bridgehead atoms. The summed E-state index contributed by atoms with van der Waals surface area (Å²) in [7, 11) is 0. The summed E-state index contributed by atoms with van der Waals surface area (Å²) in [5, 5.41) is 12.4. The van der Waals surface area contributed by atoms with Gasteiger partial charge in [-0.25, -0.2) is 4.79 Å². The molecule has 1 atom stereocenters. The molecule has 5 nitrogen and oxygen atoms in total. The Morgan fingerprint density at radius 2 is 2.17 bits per heavy atom. The van der Waals surface area contributed by atoms with Crippen LogP contribution in [0.25, 0.3) is 0 Å². The number of aliphatic hydroxyl groups is 1. The maximum Gasteiger partial charge on any atom is 0.410 e. The van der Waals surface area contributed by atoms with Gasteiger partial charge in [-0.2, -0.15) is 0 Å². The Kier molecular flexibility index (Phi) is 5.65. The van der Waals surface area contributed by atoms with E-state index >= 15 is 0 Å². The highest BCUT2D eigenvalue weighted by molar-refractivity contribution is 5.68. The van der Waals surface area contributed by atoms with Crippen LogP contribution in [0.15, 0.2) is 18.2 Å². The lowest BCUT2D eigenvalue weighted by atomic mass is 9.94. The molecular formula is C18H28N2O3. The SMILES string of the molecule is C[C@@H](CO)NCc1cccc2c1CCN(C(=O)OC(C)(C)C)C2. The van der Waals surface area contributed by atoms with Gasteiger partial charge in [-0.05, 0) is 50.8 Å². The van der Waals surface area contributed by atoms with Crippen LogP contribution < -0.4 is 5.32 Å². The number of nitrogens with one attached hydrogen (secondary N) is 1. The zero-order valence-corrected chi connectivity index (χ0v) is 14.6. The number of hydrogen-bond acceptors (Lipinski definition) is 4. The highest BCUT2D eigenvalue weighted by Crippen LogP contribution is 2.24. The molecule has 0 saturated heterocycles. The molecule has 0 unspecified atom stereocenters. The lowest BCUT2D eigenvalue weighted by Crippen LogP contribution is -2.40. The van der Waals surface area contributed by atoms with Gasteiger partial charge >= 0.3 is 6.09 Å². The van der Waals surface area contributed by atoms with E-state index in [1.807, 2.05) is 33.8 Å². The summed E-state index contributed by atoms with van der Waals surface area (Å²) < 4.78 is 5.46. The smallest absolute Gasteiger partial charge is 0.410 e. The fourth-order valence-electron chi connectivity index (χ4n) is 2.69. The zero-order valence-electron chi connectivity index (χ0n) is 14.6. The average molecular weight is 320 g/mol. The summed E-state index contributed by atoms with van der Waals surface area (Å²) in [6.45, 7) is 9.74. The third-order valence-electron chi connectivity index (χ3n) is 3.93. The molecule has 1 aliphatic heterocycles. The van der Waals surface area contributed by atoms with Crippen molar-refractivity contribution in [2.75, 3.05) is 13.2 Å². The molecule has 1 heterocycles. The monoisotopic (exact) mass is 320 g/mol. The fraction of sp³-hybridized carbons (Fsp3) is 0.611. The molecule has 0 fully saturated rings. The van der Waals surface area contributed by atoms with Crippen LogP contribution in [0.5, 0.6) is 0 Å². The van der Waals surface area contributed by atoms with E-state index in [2.05, 4.69) is 17.4 Å². The van der Waals surface area contributed by atoms with E-state index in [0.29, 0.717) is 13.1 Å². The summed E-state index contributed by atoms with van der Waals surface area (Å²) in [5.74, 6) is 0. The second kappa shape index (κ2) is 7.32. The Morgan fingerprint density at radius 1 is 1.43 bits per heavy atom. The predicted molar refractivity (Wildman–Crippen MR) is 90.2 cm³/mol. The number of benzene rings is 1. The van der Waals surface area contributed by atoms with Crippen molar-refractivity contribution in [3.05, 3.63) is 34.9 Å². The summed E-state index contributed by atoms with van der Waals surface area (Å²) in [6.07, 6.45) is 0.584. The van der Waals surface area contributed by atoms with Gasteiger partial charge in [-0.15, -0.1) is 0 Å². The van der Waals surface area contributed by atoms with Gasteiger partial charge in [-0.1, -0.05) is 18.2 Å². The second-order valence-corrected chi connectivity index (χ2v) is 7.17. The molecule has 23 heavy (non-hydrogen) atoms. The largest absolute Gasteiger partial charge is 0.444 e. The third kappa shape index (κ3) is 4.94. The van der Waals surface area contributed by atoms with Crippen LogP contribution in [0.1, 0.15) is 44.4 Å². The summed E-state index contributed by atoms with van der Waals surface area (Å²) in [4.78, 5) is 14.0. The van der Waals surface area contributed by atoms with Crippen molar-refractivity contribution < 1.29 is 14.6 Å². The highest BCUT2D eigenvalue weighted by atomic mass is 16.6. The lowest BCUT2D eigenvalue weighted by Gasteiger charge is -2.32. The molecule has 0 radical (unpaired) electrons. The summed E-state index contributed by atoms with van der Waals surface area (Å²) in [6, 6.07) is 6.29. The van der Waals surface area contributed by atoms with Gasteiger partial charge in [0.05, 0.1) is 6.61 Å². The minimum absolute atomic E-state index is 0.0766. The number of amides is 1. The van der Waals surface area contributed by atoms with Gasteiger partial charge in [-0.3, -0.25) is 0 Å². The van der Waals surface area contributed by atoms with E-state index in [1.165, 1.54) is 16.7 Å². The minimum atomic E-state index is -0.469. The van der Waals surface area contributed by atoms with Crippen LogP contribution in [-0.2, 0) is 24.2 Å². The molecule has 0 spiro atoms. The van der Waals surface area contributed by atoms with E-state index < -0.39 is 5.60 Å². The number of ether oxygens (including phenoxy) is 1. The van der Waals surface area contributed by atoms with E-state index in [-0.39, 0.29) is 18.7 Å². The number of fused-ring (bicyclic) bond motifs is 1. The lowest BCUT2D eigenvalue weighted by molar-refractivity contribution is 0.0223. The number of hydrogen-bond donors (Lipinski definition) is 2. The van der Waals surface area contributed by atoms with Gasteiger partial charge in [0, 0.05) is 25.7 Å².